The first-order chi connectivity index (χ1) is 9.20. The molecule has 3 rings (SSSR count). The number of rotatable bonds is 4. The molecule has 3 aliphatic rings. The van der Waals surface area contributed by atoms with E-state index in [1.807, 2.05) is 34.6 Å². The van der Waals surface area contributed by atoms with Gasteiger partial charge in [-0.2, -0.15) is 0 Å². The van der Waals surface area contributed by atoms with E-state index in [1.165, 1.54) is 0 Å². The molecule has 0 aromatic heterocycles. The molecule has 2 heterocycles. The molecule has 20 heavy (non-hydrogen) atoms. The van der Waals surface area contributed by atoms with E-state index in [4.69, 9.17) is 4.74 Å². The average Bonchev–Trinajstić information content (AvgIpc) is 3.03. The molecule has 5 heteroatoms. The van der Waals surface area contributed by atoms with E-state index in [-0.39, 0.29) is 0 Å². The molecule has 1 aliphatic carbocycles. The Morgan fingerprint density at radius 2 is 1.65 bits per heavy atom. The highest BCUT2D eigenvalue weighted by molar-refractivity contribution is 7.94. The normalized spacial score (nSPS) is 27.1. The Morgan fingerprint density at radius 3 is 2.00 bits per heavy atom. The third-order valence-electron chi connectivity index (χ3n) is 4.87. The van der Waals surface area contributed by atoms with Crippen LogP contribution >= 0.6 is 0 Å². The first kappa shape index (κ1) is 16.2. The third kappa shape index (κ3) is 2.42. The van der Waals surface area contributed by atoms with Crippen LogP contribution in [-0.2, 0) is 14.6 Å². The third-order valence-corrected chi connectivity index (χ3v) is 8.16. The summed E-state index contributed by atoms with van der Waals surface area (Å²) in [6, 6.07) is 0. The summed E-state index contributed by atoms with van der Waals surface area (Å²) in [6.07, 6.45) is 1.66. The maximum Gasteiger partial charge on any atom is 0.162 e. The largest absolute Gasteiger partial charge is 0.380 e. The summed E-state index contributed by atoms with van der Waals surface area (Å²) in [5, 5.41) is 0. The molecule has 1 saturated carbocycles. The molecule has 3 fully saturated rings. The zero-order valence-corrected chi connectivity index (χ0v) is 14.3. The van der Waals surface area contributed by atoms with Crippen LogP contribution in [0.1, 0.15) is 47.5 Å². The van der Waals surface area contributed by atoms with Crippen molar-refractivity contribution in [2.24, 2.45) is 5.41 Å². The summed E-state index contributed by atoms with van der Waals surface area (Å²) in [7, 11) is -3.04. The van der Waals surface area contributed by atoms with Crippen LogP contribution in [0.5, 0.6) is 0 Å². The van der Waals surface area contributed by atoms with Gasteiger partial charge in [0.2, 0.25) is 0 Å². The van der Waals surface area contributed by atoms with E-state index < -0.39 is 19.3 Å². The van der Waals surface area contributed by atoms with Gasteiger partial charge in [-0.05, 0) is 33.6 Å². The monoisotopic (exact) mass is 303 g/mol. The minimum Gasteiger partial charge on any atom is -0.380 e. The summed E-state index contributed by atoms with van der Waals surface area (Å²) in [6.45, 7) is 14.0. The molecule has 0 unspecified atom stereocenters. The molecule has 2 saturated heterocycles. The molecule has 0 aromatic rings. The number of sulfone groups is 1. The van der Waals surface area contributed by atoms with Crippen LogP contribution in [0.15, 0.2) is 0 Å². The predicted octanol–water partition coefficient (Wildman–Crippen LogP) is 2.09. The molecule has 4 nitrogen and oxygen atoms in total. The van der Waals surface area contributed by atoms with Crippen LogP contribution in [-0.4, -0.2) is 55.7 Å². The van der Waals surface area contributed by atoms with Crippen molar-refractivity contribution in [2.45, 2.75) is 57.0 Å². The number of likely N-dealkylation sites (tertiary alicyclic amines) is 1. The average molecular weight is 303 g/mol. The molecule has 0 N–H and O–H groups in total. The van der Waals surface area contributed by atoms with Crippen molar-refractivity contribution < 1.29 is 13.2 Å². The minimum absolute atomic E-state index is 0.364. The Hall–Kier alpha value is -0.130. The predicted molar refractivity (Wildman–Crippen MR) is 81.7 cm³/mol. The van der Waals surface area contributed by atoms with Gasteiger partial charge in [0.15, 0.2) is 9.84 Å². The van der Waals surface area contributed by atoms with Crippen LogP contribution in [0.2, 0.25) is 0 Å². The number of hydrogen-bond donors (Lipinski definition) is 0. The lowest BCUT2D eigenvalue weighted by Gasteiger charge is -2.56. The molecule has 0 bridgehead atoms. The zero-order valence-electron chi connectivity index (χ0n) is 13.5. The van der Waals surface area contributed by atoms with Crippen LogP contribution in [0.3, 0.4) is 0 Å². The fourth-order valence-electron chi connectivity index (χ4n) is 3.32. The van der Waals surface area contributed by atoms with Gasteiger partial charge in [0, 0.05) is 25.0 Å². The highest BCUT2D eigenvalue weighted by atomic mass is 32.2. The van der Waals surface area contributed by atoms with E-state index in [9.17, 15) is 8.42 Å². The zero-order chi connectivity index (χ0) is 15.2. The molecule has 1 spiro atoms. The SMILES string of the molecule is CC.CC(C)(CN1CC2(COC2)C1)S(=O)(=O)C1(C)CC1. The number of ether oxygens (including phenoxy) is 1. The van der Waals surface area contributed by atoms with Crippen molar-refractivity contribution in [1.82, 2.24) is 4.90 Å². The molecular weight excluding hydrogens is 274 g/mol. The van der Waals surface area contributed by atoms with Crippen molar-refractivity contribution in [1.29, 1.82) is 0 Å². The van der Waals surface area contributed by atoms with Crippen molar-refractivity contribution in [3.8, 4) is 0 Å². The summed E-state index contributed by atoms with van der Waals surface area (Å²) < 4.78 is 29.4. The van der Waals surface area contributed by atoms with Crippen molar-refractivity contribution in [2.75, 3.05) is 32.8 Å². The lowest BCUT2D eigenvalue weighted by atomic mass is 9.77. The summed E-state index contributed by atoms with van der Waals surface area (Å²) in [5.74, 6) is 0. The Morgan fingerprint density at radius 1 is 1.15 bits per heavy atom. The molecule has 0 radical (unpaired) electrons. The van der Waals surface area contributed by atoms with Gasteiger partial charge < -0.3 is 9.64 Å². The van der Waals surface area contributed by atoms with Crippen LogP contribution in [0.4, 0.5) is 0 Å². The summed E-state index contributed by atoms with van der Waals surface area (Å²) in [5.41, 5.74) is 0.364. The Kier molecular flexibility index (Phi) is 4.03. The van der Waals surface area contributed by atoms with Gasteiger partial charge in [-0.15, -0.1) is 0 Å². The van der Waals surface area contributed by atoms with E-state index in [1.54, 1.807) is 0 Å². The van der Waals surface area contributed by atoms with Crippen molar-refractivity contribution >= 4 is 9.84 Å². The van der Waals surface area contributed by atoms with Crippen LogP contribution in [0, 0.1) is 5.41 Å². The second-order valence-electron chi connectivity index (χ2n) is 7.35. The topological polar surface area (TPSA) is 46.6 Å². The molecule has 0 amide bonds. The Bertz CT molecular complexity index is 454. The van der Waals surface area contributed by atoms with Gasteiger partial charge >= 0.3 is 0 Å². The first-order valence-corrected chi connectivity index (χ1v) is 9.23. The van der Waals surface area contributed by atoms with Gasteiger partial charge in [0.25, 0.3) is 0 Å². The van der Waals surface area contributed by atoms with Crippen LogP contribution in [0.25, 0.3) is 0 Å². The number of hydrogen-bond acceptors (Lipinski definition) is 4. The quantitative estimate of drug-likeness (QED) is 0.798. The molecule has 0 aromatic carbocycles. The fraction of sp³-hybridized carbons (Fsp3) is 1.00. The highest BCUT2D eigenvalue weighted by Gasteiger charge is 2.58. The first-order valence-electron chi connectivity index (χ1n) is 7.74. The summed E-state index contributed by atoms with van der Waals surface area (Å²) >= 11 is 0. The van der Waals surface area contributed by atoms with Crippen molar-refractivity contribution in [3.63, 3.8) is 0 Å². The van der Waals surface area contributed by atoms with Gasteiger partial charge in [-0.1, -0.05) is 13.8 Å². The standard InChI is InChI=1S/C13H23NO3S.C2H6/c1-11(2,18(15,16)12(3)4-5-12)6-14-7-13(8-14)9-17-10-13;1-2/h4-10H2,1-3H3;1-2H3. The van der Waals surface area contributed by atoms with Crippen LogP contribution < -0.4 is 0 Å². The maximum atomic E-state index is 12.6. The highest BCUT2D eigenvalue weighted by Crippen LogP contribution is 2.48. The second-order valence-corrected chi connectivity index (χ2v) is 10.4. The maximum absolute atomic E-state index is 12.6. The van der Waals surface area contributed by atoms with E-state index in [2.05, 4.69) is 4.90 Å². The lowest BCUT2D eigenvalue weighted by Crippen LogP contribution is -2.68. The lowest BCUT2D eigenvalue weighted by molar-refractivity contribution is -0.189. The fourth-order valence-corrected chi connectivity index (χ4v) is 5.65. The Balaban J connectivity index is 0.000000704. The molecule has 0 atom stereocenters. The van der Waals surface area contributed by atoms with Gasteiger partial charge in [-0.3, -0.25) is 0 Å². The smallest absolute Gasteiger partial charge is 0.162 e. The molecular formula is C15H29NO3S. The van der Waals surface area contributed by atoms with Gasteiger partial charge in [0.1, 0.15) is 0 Å². The summed E-state index contributed by atoms with van der Waals surface area (Å²) in [4.78, 5) is 2.27. The van der Waals surface area contributed by atoms with Crippen molar-refractivity contribution in [3.05, 3.63) is 0 Å². The molecule has 2 aliphatic heterocycles. The van der Waals surface area contributed by atoms with Gasteiger partial charge in [-0.25, -0.2) is 8.42 Å². The minimum atomic E-state index is -3.04. The van der Waals surface area contributed by atoms with E-state index in [0.717, 1.165) is 39.1 Å². The second kappa shape index (κ2) is 4.96. The van der Waals surface area contributed by atoms with E-state index >= 15 is 0 Å². The molecule has 118 valence electrons. The Labute approximate surface area is 123 Å². The van der Waals surface area contributed by atoms with E-state index in [0.29, 0.717) is 12.0 Å². The number of nitrogens with zero attached hydrogens (tertiary/aromatic N) is 1. The van der Waals surface area contributed by atoms with Gasteiger partial charge in [0.05, 0.1) is 22.7 Å².